The number of hydrogen-bond acceptors (Lipinski definition) is 4. The molecule has 1 aromatic carbocycles. The topological polar surface area (TPSA) is 53.6 Å². The van der Waals surface area contributed by atoms with E-state index in [-0.39, 0.29) is 11.4 Å². The van der Waals surface area contributed by atoms with Crippen LogP contribution in [0.5, 0.6) is 0 Å². The van der Waals surface area contributed by atoms with Crippen molar-refractivity contribution < 1.29 is 4.39 Å². The van der Waals surface area contributed by atoms with Crippen LogP contribution in [0.15, 0.2) is 28.3 Å². The lowest BCUT2D eigenvalue weighted by atomic mass is 10.1. The third-order valence-electron chi connectivity index (χ3n) is 2.61. The van der Waals surface area contributed by atoms with Gasteiger partial charge in [-0.25, -0.2) is 9.37 Å². The van der Waals surface area contributed by atoms with Crippen LogP contribution in [0.4, 0.5) is 4.39 Å². The van der Waals surface area contributed by atoms with E-state index in [1.807, 2.05) is 6.92 Å². The second-order valence-corrected chi connectivity index (χ2v) is 6.67. The predicted molar refractivity (Wildman–Crippen MR) is 78.2 cm³/mol. The smallest absolute Gasteiger partial charge is 0.213 e. The fourth-order valence-electron chi connectivity index (χ4n) is 1.61. The van der Waals surface area contributed by atoms with Gasteiger partial charge in [0, 0.05) is 17.0 Å². The van der Waals surface area contributed by atoms with E-state index in [1.54, 1.807) is 12.1 Å². The maximum atomic E-state index is 13.4. The van der Waals surface area contributed by atoms with E-state index in [0.717, 1.165) is 16.3 Å². The normalized spacial score (nSPS) is 11.8. The molecule has 0 atom stereocenters. The Kier molecular flexibility index (Phi) is 4.45. The van der Waals surface area contributed by atoms with Gasteiger partial charge >= 0.3 is 0 Å². The molecule has 108 valence electrons. The molecule has 0 saturated heterocycles. The molecule has 1 aromatic heterocycles. The van der Waals surface area contributed by atoms with Crippen molar-refractivity contribution in [3.8, 4) is 0 Å². The molecule has 0 amide bonds. The van der Waals surface area contributed by atoms with Crippen molar-refractivity contribution in [2.24, 2.45) is 0 Å². The maximum absolute atomic E-state index is 13.4. The number of halogens is 1. The Morgan fingerprint density at radius 3 is 2.70 bits per heavy atom. The first kappa shape index (κ1) is 15.0. The minimum Gasteiger partial charge on any atom is -0.308 e. The molecular weight excluding hydrogens is 275 g/mol. The summed E-state index contributed by atoms with van der Waals surface area (Å²) in [6.45, 7) is 8.70. The number of aromatic nitrogens is 3. The Balaban J connectivity index is 2.19. The second-order valence-electron chi connectivity index (χ2n) is 5.66. The fraction of sp³-hybridized carbons (Fsp3) is 0.429. The summed E-state index contributed by atoms with van der Waals surface area (Å²) >= 11 is 1.43. The lowest BCUT2D eigenvalue weighted by Gasteiger charge is -2.21. The summed E-state index contributed by atoms with van der Waals surface area (Å²) in [7, 11) is 0. The standard InChI is InChI=1S/C14H19FN4S/c1-9-17-13(19-18-9)20-12-6-5-11(15)7-10(12)8-16-14(2,3)4/h5-7,16H,8H2,1-4H3,(H,17,18,19). The molecule has 2 aromatic rings. The molecule has 0 bridgehead atoms. The number of aromatic amines is 1. The van der Waals surface area contributed by atoms with Crippen molar-refractivity contribution in [3.63, 3.8) is 0 Å². The van der Waals surface area contributed by atoms with Gasteiger partial charge in [0.2, 0.25) is 5.16 Å². The fourth-order valence-corrected chi connectivity index (χ4v) is 2.48. The Bertz CT molecular complexity index is 589. The van der Waals surface area contributed by atoms with Gasteiger partial charge in [-0.3, -0.25) is 5.10 Å². The number of nitrogens with one attached hydrogen (secondary N) is 2. The van der Waals surface area contributed by atoms with E-state index in [9.17, 15) is 4.39 Å². The van der Waals surface area contributed by atoms with Gasteiger partial charge in [0.1, 0.15) is 11.6 Å². The first-order chi connectivity index (χ1) is 9.33. The molecule has 2 N–H and O–H groups in total. The Morgan fingerprint density at radius 2 is 2.10 bits per heavy atom. The maximum Gasteiger partial charge on any atom is 0.213 e. The molecule has 0 saturated carbocycles. The Hall–Kier alpha value is -1.40. The van der Waals surface area contributed by atoms with Crippen molar-refractivity contribution in [3.05, 3.63) is 35.4 Å². The van der Waals surface area contributed by atoms with E-state index in [0.29, 0.717) is 11.7 Å². The summed E-state index contributed by atoms with van der Waals surface area (Å²) in [5.41, 5.74) is 0.891. The van der Waals surface area contributed by atoms with Crippen molar-refractivity contribution in [1.29, 1.82) is 0 Å². The van der Waals surface area contributed by atoms with Gasteiger partial charge in [-0.15, -0.1) is 5.10 Å². The van der Waals surface area contributed by atoms with Crippen LogP contribution in [-0.4, -0.2) is 20.7 Å². The Labute approximate surface area is 122 Å². The monoisotopic (exact) mass is 294 g/mol. The van der Waals surface area contributed by atoms with Crippen LogP contribution in [0.3, 0.4) is 0 Å². The molecule has 0 fully saturated rings. The van der Waals surface area contributed by atoms with Gasteiger partial charge in [-0.05, 0) is 63.2 Å². The Morgan fingerprint density at radius 1 is 1.35 bits per heavy atom. The number of benzene rings is 1. The molecule has 0 aliphatic rings. The van der Waals surface area contributed by atoms with E-state index < -0.39 is 0 Å². The molecule has 0 aliphatic heterocycles. The number of rotatable bonds is 4. The average molecular weight is 294 g/mol. The summed E-state index contributed by atoms with van der Waals surface area (Å²) < 4.78 is 13.4. The van der Waals surface area contributed by atoms with Crippen molar-refractivity contribution in [1.82, 2.24) is 20.5 Å². The molecule has 2 rings (SSSR count). The lowest BCUT2D eigenvalue weighted by Crippen LogP contribution is -2.35. The van der Waals surface area contributed by atoms with E-state index in [1.165, 1.54) is 17.8 Å². The third kappa shape index (κ3) is 4.31. The minimum atomic E-state index is -0.230. The predicted octanol–water partition coefficient (Wildman–Crippen LogP) is 3.29. The highest BCUT2D eigenvalue weighted by molar-refractivity contribution is 7.99. The minimum absolute atomic E-state index is 0.0184. The molecular formula is C14H19FN4S. The highest BCUT2D eigenvalue weighted by Gasteiger charge is 2.13. The zero-order valence-corrected chi connectivity index (χ0v) is 12.9. The first-order valence-electron chi connectivity index (χ1n) is 6.44. The third-order valence-corrected chi connectivity index (χ3v) is 3.59. The summed E-state index contributed by atoms with van der Waals surface area (Å²) in [5.74, 6) is 0.537. The zero-order valence-electron chi connectivity index (χ0n) is 12.1. The number of nitrogens with zero attached hydrogens (tertiary/aromatic N) is 2. The molecule has 0 spiro atoms. The van der Waals surface area contributed by atoms with Gasteiger partial charge in [0.05, 0.1) is 0 Å². The highest BCUT2D eigenvalue weighted by atomic mass is 32.2. The molecule has 0 unspecified atom stereocenters. The van der Waals surface area contributed by atoms with Gasteiger partial charge < -0.3 is 5.32 Å². The summed E-state index contributed by atoms with van der Waals surface area (Å²) in [4.78, 5) is 5.22. The van der Waals surface area contributed by atoms with E-state index in [4.69, 9.17) is 0 Å². The molecule has 20 heavy (non-hydrogen) atoms. The number of aryl methyl sites for hydroxylation is 1. The number of H-pyrrole nitrogens is 1. The van der Waals surface area contributed by atoms with E-state index >= 15 is 0 Å². The molecule has 6 heteroatoms. The van der Waals surface area contributed by atoms with Gasteiger partial charge in [0.25, 0.3) is 0 Å². The summed E-state index contributed by atoms with van der Waals surface area (Å²) in [5, 5.41) is 10.9. The lowest BCUT2D eigenvalue weighted by molar-refractivity contribution is 0.422. The number of hydrogen-bond donors (Lipinski definition) is 2. The van der Waals surface area contributed by atoms with Crippen LogP contribution < -0.4 is 5.32 Å². The zero-order chi connectivity index (χ0) is 14.8. The molecule has 4 nitrogen and oxygen atoms in total. The quantitative estimate of drug-likeness (QED) is 0.908. The van der Waals surface area contributed by atoms with Crippen LogP contribution in [0.25, 0.3) is 0 Å². The molecule has 0 radical (unpaired) electrons. The molecule has 0 aliphatic carbocycles. The largest absolute Gasteiger partial charge is 0.308 e. The summed E-state index contributed by atoms with van der Waals surface area (Å²) in [6.07, 6.45) is 0. The van der Waals surface area contributed by atoms with Crippen molar-refractivity contribution in [2.45, 2.75) is 49.8 Å². The van der Waals surface area contributed by atoms with Crippen LogP contribution in [0, 0.1) is 12.7 Å². The average Bonchev–Trinajstić information content (AvgIpc) is 2.74. The van der Waals surface area contributed by atoms with E-state index in [2.05, 4.69) is 41.3 Å². The van der Waals surface area contributed by atoms with Gasteiger partial charge in [-0.2, -0.15) is 0 Å². The van der Waals surface area contributed by atoms with Crippen LogP contribution in [0.1, 0.15) is 32.2 Å². The van der Waals surface area contributed by atoms with Gasteiger partial charge in [-0.1, -0.05) is 0 Å². The SMILES string of the molecule is Cc1nc(Sc2ccc(F)cc2CNC(C)(C)C)n[nH]1. The van der Waals surface area contributed by atoms with Crippen LogP contribution in [0.2, 0.25) is 0 Å². The van der Waals surface area contributed by atoms with Crippen LogP contribution in [-0.2, 0) is 6.54 Å². The molecule has 1 heterocycles. The van der Waals surface area contributed by atoms with Crippen LogP contribution >= 0.6 is 11.8 Å². The second kappa shape index (κ2) is 5.93. The van der Waals surface area contributed by atoms with Crippen molar-refractivity contribution in [2.75, 3.05) is 0 Å². The first-order valence-corrected chi connectivity index (χ1v) is 7.25. The summed E-state index contributed by atoms with van der Waals surface area (Å²) in [6, 6.07) is 4.79. The van der Waals surface area contributed by atoms with Gasteiger partial charge in [0.15, 0.2) is 0 Å². The van der Waals surface area contributed by atoms with Crippen molar-refractivity contribution >= 4 is 11.8 Å². The highest BCUT2D eigenvalue weighted by Crippen LogP contribution is 2.28.